The lowest BCUT2D eigenvalue weighted by atomic mass is 10.5. The van der Waals surface area contributed by atoms with Gasteiger partial charge < -0.3 is 9.05 Å². The molecular formula is C10H9N2O4P. The molecule has 0 saturated heterocycles. The number of hydrogen-bond acceptors (Lipinski definition) is 5. The summed E-state index contributed by atoms with van der Waals surface area (Å²) in [6, 6.07) is 6.17. The topological polar surface area (TPSA) is 81.5 Å². The normalized spacial score (nSPS) is 10.9. The molecular weight excluding hydrogens is 243 g/mol. The number of nitrogens with zero attached hydrogens (tertiary/aromatic N) is 2. The molecule has 0 unspecified atom stereocenters. The molecule has 0 aliphatic carbocycles. The van der Waals surface area contributed by atoms with Gasteiger partial charge in [-0.2, -0.15) is 0 Å². The van der Waals surface area contributed by atoms with Crippen LogP contribution in [-0.4, -0.2) is 14.9 Å². The molecule has 2 rings (SSSR count). The summed E-state index contributed by atoms with van der Waals surface area (Å²) in [6.07, 6.45) is 5.68. The fraction of sp³-hybridized carbons (Fsp3) is 0. The Kier molecular flexibility index (Phi) is 3.37. The van der Waals surface area contributed by atoms with Crippen molar-refractivity contribution in [3.8, 4) is 11.5 Å². The molecule has 2 heterocycles. The fourth-order valence-electron chi connectivity index (χ4n) is 1.09. The summed E-state index contributed by atoms with van der Waals surface area (Å²) in [5.74, 6) is 0.310. The third-order valence-electron chi connectivity index (χ3n) is 1.71. The van der Waals surface area contributed by atoms with Crippen LogP contribution >= 0.6 is 7.82 Å². The minimum Gasteiger partial charge on any atom is -0.394 e. The van der Waals surface area contributed by atoms with Crippen molar-refractivity contribution in [2.24, 2.45) is 0 Å². The molecule has 0 spiro atoms. The van der Waals surface area contributed by atoms with Gasteiger partial charge in [0.2, 0.25) is 0 Å². The zero-order valence-electron chi connectivity index (χ0n) is 8.63. The van der Waals surface area contributed by atoms with E-state index in [2.05, 4.69) is 9.97 Å². The van der Waals surface area contributed by atoms with Gasteiger partial charge in [0.05, 0.1) is 12.4 Å². The quantitative estimate of drug-likeness (QED) is 0.838. The van der Waals surface area contributed by atoms with E-state index in [4.69, 9.17) is 9.05 Å². The van der Waals surface area contributed by atoms with Gasteiger partial charge in [0.1, 0.15) is 0 Å². The van der Waals surface area contributed by atoms with Crippen molar-refractivity contribution in [1.29, 1.82) is 0 Å². The molecule has 1 N–H and O–H groups in total. The van der Waals surface area contributed by atoms with Crippen LogP contribution in [-0.2, 0) is 4.57 Å². The molecule has 0 aromatic carbocycles. The highest BCUT2D eigenvalue weighted by Crippen LogP contribution is 2.43. The maximum Gasteiger partial charge on any atom is 0.585 e. The summed E-state index contributed by atoms with van der Waals surface area (Å²) in [6.45, 7) is 0. The number of hydrogen-bond donors (Lipinski definition) is 1. The van der Waals surface area contributed by atoms with E-state index in [0.717, 1.165) is 0 Å². The Bertz CT molecular complexity index is 475. The molecule has 0 aliphatic rings. The monoisotopic (exact) mass is 252 g/mol. The van der Waals surface area contributed by atoms with Crippen LogP contribution in [0.25, 0.3) is 0 Å². The van der Waals surface area contributed by atoms with E-state index >= 15 is 0 Å². The Balaban J connectivity index is 2.07. The molecule has 7 heteroatoms. The SMILES string of the molecule is O=P(O)(Oc1cccnc1)Oc1cccnc1. The van der Waals surface area contributed by atoms with Crippen molar-refractivity contribution in [2.45, 2.75) is 0 Å². The van der Waals surface area contributed by atoms with Crippen LogP contribution in [0.4, 0.5) is 0 Å². The lowest BCUT2D eigenvalue weighted by Crippen LogP contribution is -2.00. The molecule has 0 bridgehead atoms. The Morgan fingerprint density at radius 1 is 1.00 bits per heavy atom. The second kappa shape index (κ2) is 4.95. The van der Waals surface area contributed by atoms with Crippen LogP contribution in [0.15, 0.2) is 49.1 Å². The van der Waals surface area contributed by atoms with Gasteiger partial charge >= 0.3 is 7.82 Å². The van der Waals surface area contributed by atoms with Crippen molar-refractivity contribution in [2.75, 3.05) is 0 Å². The van der Waals surface area contributed by atoms with Crippen LogP contribution in [0.1, 0.15) is 0 Å². The van der Waals surface area contributed by atoms with Crippen LogP contribution < -0.4 is 9.05 Å². The van der Waals surface area contributed by atoms with Gasteiger partial charge in [0, 0.05) is 12.4 Å². The van der Waals surface area contributed by atoms with Crippen molar-refractivity contribution in [3.63, 3.8) is 0 Å². The van der Waals surface area contributed by atoms with E-state index in [-0.39, 0.29) is 11.5 Å². The van der Waals surface area contributed by atoms with Crippen molar-refractivity contribution >= 4 is 7.82 Å². The molecule has 0 fully saturated rings. The average Bonchev–Trinajstić information content (AvgIpc) is 2.30. The van der Waals surface area contributed by atoms with Gasteiger partial charge in [0.25, 0.3) is 0 Å². The Morgan fingerprint density at radius 3 is 1.82 bits per heavy atom. The summed E-state index contributed by atoms with van der Waals surface area (Å²) in [4.78, 5) is 17.0. The van der Waals surface area contributed by atoms with Gasteiger partial charge in [-0.1, -0.05) is 0 Å². The fourth-order valence-corrected chi connectivity index (χ4v) is 1.87. The van der Waals surface area contributed by atoms with Crippen molar-refractivity contribution in [1.82, 2.24) is 9.97 Å². The zero-order chi connectivity index (χ0) is 12.1. The van der Waals surface area contributed by atoms with Gasteiger partial charge in [-0.05, 0) is 24.3 Å². The Hall–Kier alpha value is -1.91. The summed E-state index contributed by atoms with van der Waals surface area (Å²) in [7, 11) is -4.22. The molecule has 0 atom stereocenters. The second-order valence-corrected chi connectivity index (χ2v) is 4.33. The zero-order valence-corrected chi connectivity index (χ0v) is 9.53. The molecule has 2 aromatic rings. The minimum atomic E-state index is -4.22. The van der Waals surface area contributed by atoms with Crippen LogP contribution in [0.5, 0.6) is 11.5 Å². The molecule has 17 heavy (non-hydrogen) atoms. The smallest absolute Gasteiger partial charge is 0.394 e. The standard InChI is InChI=1S/C10H9N2O4P/c13-17(14,15-9-3-1-5-11-7-9)16-10-4-2-6-12-8-10/h1-8H,(H,13,14). The third-order valence-corrected chi connectivity index (χ3v) is 2.59. The summed E-state index contributed by atoms with van der Waals surface area (Å²) in [5.41, 5.74) is 0. The summed E-state index contributed by atoms with van der Waals surface area (Å²) >= 11 is 0. The Morgan fingerprint density at radius 2 is 1.47 bits per heavy atom. The molecule has 2 aromatic heterocycles. The number of rotatable bonds is 4. The maximum absolute atomic E-state index is 11.6. The first-order valence-electron chi connectivity index (χ1n) is 4.68. The first kappa shape index (κ1) is 11.6. The molecule has 88 valence electrons. The average molecular weight is 252 g/mol. The second-order valence-electron chi connectivity index (χ2n) is 3.03. The van der Waals surface area contributed by atoms with E-state index in [9.17, 15) is 9.46 Å². The van der Waals surface area contributed by atoms with E-state index in [1.807, 2.05) is 0 Å². The predicted molar refractivity (Wildman–Crippen MR) is 59.6 cm³/mol. The number of aromatic nitrogens is 2. The van der Waals surface area contributed by atoms with Crippen LogP contribution in [0, 0.1) is 0 Å². The maximum atomic E-state index is 11.6. The first-order valence-corrected chi connectivity index (χ1v) is 6.17. The van der Waals surface area contributed by atoms with E-state index in [0.29, 0.717) is 0 Å². The number of phosphoric acid groups is 1. The molecule has 0 aliphatic heterocycles. The van der Waals surface area contributed by atoms with Crippen LogP contribution in [0.2, 0.25) is 0 Å². The molecule has 0 amide bonds. The lowest BCUT2D eigenvalue weighted by Gasteiger charge is -2.12. The van der Waals surface area contributed by atoms with Crippen molar-refractivity contribution < 1.29 is 18.5 Å². The molecule has 0 radical (unpaired) electrons. The van der Waals surface area contributed by atoms with E-state index in [1.165, 1.54) is 36.9 Å². The summed E-state index contributed by atoms with van der Waals surface area (Å²) in [5, 5.41) is 0. The molecule has 0 saturated carbocycles. The van der Waals surface area contributed by atoms with Gasteiger partial charge in [0.15, 0.2) is 11.5 Å². The van der Waals surface area contributed by atoms with Gasteiger partial charge in [-0.25, -0.2) is 4.57 Å². The van der Waals surface area contributed by atoms with Crippen molar-refractivity contribution in [3.05, 3.63) is 49.1 Å². The van der Waals surface area contributed by atoms with Crippen LogP contribution in [0.3, 0.4) is 0 Å². The highest BCUT2D eigenvalue weighted by Gasteiger charge is 2.25. The Labute approximate surface area is 97.5 Å². The molecule has 6 nitrogen and oxygen atoms in total. The number of phosphoric ester groups is 1. The first-order chi connectivity index (χ1) is 8.16. The van der Waals surface area contributed by atoms with E-state index < -0.39 is 7.82 Å². The lowest BCUT2D eigenvalue weighted by molar-refractivity contribution is 0.290. The highest BCUT2D eigenvalue weighted by atomic mass is 31.2. The highest BCUT2D eigenvalue weighted by molar-refractivity contribution is 7.48. The van der Waals surface area contributed by atoms with Gasteiger partial charge in [-0.15, -0.1) is 0 Å². The minimum absolute atomic E-state index is 0.155. The number of pyridine rings is 2. The predicted octanol–water partition coefficient (Wildman–Crippen LogP) is 2.03. The summed E-state index contributed by atoms with van der Waals surface area (Å²) < 4.78 is 21.2. The third kappa shape index (κ3) is 3.55. The van der Waals surface area contributed by atoms with Gasteiger partial charge in [-0.3, -0.25) is 14.9 Å². The van der Waals surface area contributed by atoms with E-state index in [1.54, 1.807) is 12.1 Å². The largest absolute Gasteiger partial charge is 0.585 e.